The third kappa shape index (κ3) is 2.89. The molecule has 0 aliphatic heterocycles. The van der Waals surface area contributed by atoms with Crippen molar-refractivity contribution in [3.8, 4) is 5.75 Å². The molecule has 1 unspecified atom stereocenters. The summed E-state index contributed by atoms with van der Waals surface area (Å²) < 4.78 is 5.29. The molecule has 0 aliphatic carbocycles. The zero-order valence-corrected chi connectivity index (χ0v) is 13.1. The molecule has 0 radical (unpaired) electrons. The topological polar surface area (TPSA) is 34.1 Å². The van der Waals surface area contributed by atoms with Gasteiger partial charge in [0, 0.05) is 11.4 Å². The minimum Gasteiger partial charge on any atom is -0.497 e. The fraction of sp³-hybridized carbons (Fsp3) is 0.211. The minimum absolute atomic E-state index is 0.212. The van der Waals surface area contributed by atoms with E-state index in [0.717, 1.165) is 22.5 Å². The zero-order chi connectivity index (χ0) is 15.5. The van der Waals surface area contributed by atoms with Crippen molar-refractivity contribution in [2.75, 3.05) is 12.4 Å². The number of hydrogen-bond donors (Lipinski definition) is 1. The second-order valence-electron chi connectivity index (χ2n) is 5.48. The number of hydrogen-bond acceptors (Lipinski definition) is 3. The number of methoxy groups -OCH3 is 1. The number of anilines is 1. The molecule has 2 aromatic carbocycles. The summed E-state index contributed by atoms with van der Waals surface area (Å²) in [5.41, 5.74) is 3.41. The van der Waals surface area contributed by atoms with Gasteiger partial charge in [-0.1, -0.05) is 30.3 Å². The SMILES string of the molecule is COc1ccc2nc(NC(C)c3ccccc3)cc(C)c2c1. The third-order valence-electron chi connectivity index (χ3n) is 3.89. The lowest BCUT2D eigenvalue weighted by Gasteiger charge is -2.16. The van der Waals surface area contributed by atoms with Crippen molar-refractivity contribution >= 4 is 16.7 Å². The fourth-order valence-corrected chi connectivity index (χ4v) is 2.62. The molecule has 1 N–H and O–H groups in total. The number of nitrogens with one attached hydrogen (secondary N) is 1. The number of ether oxygens (including phenoxy) is 1. The molecule has 22 heavy (non-hydrogen) atoms. The van der Waals surface area contributed by atoms with Gasteiger partial charge in [0.1, 0.15) is 11.6 Å². The number of aryl methyl sites for hydroxylation is 1. The first kappa shape index (κ1) is 14.4. The lowest BCUT2D eigenvalue weighted by atomic mass is 10.1. The average Bonchev–Trinajstić information content (AvgIpc) is 2.55. The summed E-state index contributed by atoms with van der Waals surface area (Å²) in [6, 6.07) is 18.7. The van der Waals surface area contributed by atoms with E-state index in [-0.39, 0.29) is 6.04 Å². The van der Waals surface area contributed by atoms with E-state index in [2.05, 4.69) is 49.5 Å². The fourth-order valence-electron chi connectivity index (χ4n) is 2.62. The van der Waals surface area contributed by atoms with Crippen LogP contribution in [0.25, 0.3) is 10.9 Å². The monoisotopic (exact) mass is 292 g/mol. The van der Waals surface area contributed by atoms with E-state index in [1.807, 2.05) is 24.3 Å². The van der Waals surface area contributed by atoms with E-state index in [1.54, 1.807) is 7.11 Å². The van der Waals surface area contributed by atoms with Gasteiger partial charge in [0.15, 0.2) is 0 Å². The van der Waals surface area contributed by atoms with Crippen LogP contribution < -0.4 is 10.1 Å². The Kier molecular flexibility index (Phi) is 3.96. The van der Waals surface area contributed by atoms with E-state index in [9.17, 15) is 0 Å². The van der Waals surface area contributed by atoms with Crippen molar-refractivity contribution in [3.63, 3.8) is 0 Å². The van der Waals surface area contributed by atoms with E-state index >= 15 is 0 Å². The molecule has 3 nitrogen and oxygen atoms in total. The summed E-state index contributed by atoms with van der Waals surface area (Å²) in [4.78, 5) is 4.71. The van der Waals surface area contributed by atoms with Crippen LogP contribution in [0.1, 0.15) is 24.1 Å². The van der Waals surface area contributed by atoms with Crippen LogP contribution in [0.4, 0.5) is 5.82 Å². The Morgan fingerprint density at radius 1 is 1.05 bits per heavy atom. The molecule has 3 aromatic rings. The Labute approximate surface area is 131 Å². The first-order valence-electron chi connectivity index (χ1n) is 7.44. The van der Waals surface area contributed by atoms with Crippen LogP contribution in [0.3, 0.4) is 0 Å². The normalized spacial score (nSPS) is 12.1. The van der Waals surface area contributed by atoms with Crippen LogP contribution >= 0.6 is 0 Å². The minimum atomic E-state index is 0.212. The summed E-state index contributed by atoms with van der Waals surface area (Å²) in [5, 5.41) is 4.60. The molecule has 0 fully saturated rings. The zero-order valence-electron chi connectivity index (χ0n) is 13.1. The summed E-state index contributed by atoms with van der Waals surface area (Å²) in [7, 11) is 1.68. The highest BCUT2D eigenvalue weighted by Gasteiger charge is 2.08. The van der Waals surface area contributed by atoms with Crippen molar-refractivity contribution in [2.45, 2.75) is 19.9 Å². The lowest BCUT2D eigenvalue weighted by Crippen LogP contribution is -2.08. The van der Waals surface area contributed by atoms with Crippen molar-refractivity contribution in [1.29, 1.82) is 0 Å². The van der Waals surface area contributed by atoms with Gasteiger partial charge in [0.05, 0.1) is 12.6 Å². The first-order valence-corrected chi connectivity index (χ1v) is 7.44. The second-order valence-corrected chi connectivity index (χ2v) is 5.48. The summed E-state index contributed by atoms with van der Waals surface area (Å²) in [6.45, 7) is 4.24. The molecule has 0 amide bonds. The molecule has 112 valence electrons. The van der Waals surface area contributed by atoms with Gasteiger partial charge in [-0.3, -0.25) is 0 Å². The molecule has 0 saturated heterocycles. The van der Waals surface area contributed by atoms with Crippen LogP contribution in [-0.4, -0.2) is 12.1 Å². The standard InChI is InChI=1S/C19H20N2O/c1-13-11-19(20-14(2)15-7-5-4-6-8-15)21-18-10-9-16(22-3)12-17(13)18/h4-12,14H,1-3H3,(H,20,21). The molecule has 1 aromatic heterocycles. The number of pyridine rings is 1. The second kappa shape index (κ2) is 6.06. The molecule has 0 bridgehead atoms. The smallest absolute Gasteiger partial charge is 0.127 e. The Morgan fingerprint density at radius 2 is 1.82 bits per heavy atom. The maximum Gasteiger partial charge on any atom is 0.127 e. The molecule has 0 saturated carbocycles. The largest absolute Gasteiger partial charge is 0.497 e. The van der Waals surface area contributed by atoms with Gasteiger partial charge in [0.25, 0.3) is 0 Å². The van der Waals surface area contributed by atoms with Gasteiger partial charge < -0.3 is 10.1 Å². The van der Waals surface area contributed by atoms with Crippen molar-refractivity contribution < 1.29 is 4.74 Å². The number of nitrogens with zero attached hydrogens (tertiary/aromatic N) is 1. The number of fused-ring (bicyclic) bond motifs is 1. The van der Waals surface area contributed by atoms with Gasteiger partial charge in [-0.25, -0.2) is 4.98 Å². The molecule has 0 aliphatic rings. The predicted molar refractivity (Wildman–Crippen MR) is 91.5 cm³/mol. The molecule has 3 heteroatoms. The molecule has 1 heterocycles. The number of aromatic nitrogens is 1. The van der Waals surface area contributed by atoms with Crippen molar-refractivity contribution in [3.05, 3.63) is 65.7 Å². The molecular formula is C19H20N2O. The van der Waals surface area contributed by atoms with E-state index in [0.29, 0.717) is 0 Å². The maximum absolute atomic E-state index is 5.29. The highest BCUT2D eigenvalue weighted by atomic mass is 16.5. The van der Waals surface area contributed by atoms with Gasteiger partial charge in [-0.2, -0.15) is 0 Å². The molecular weight excluding hydrogens is 272 g/mol. The molecule has 3 rings (SSSR count). The van der Waals surface area contributed by atoms with Crippen molar-refractivity contribution in [1.82, 2.24) is 4.98 Å². The van der Waals surface area contributed by atoms with E-state index in [1.165, 1.54) is 11.1 Å². The van der Waals surface area contributed by atoms with Gasteiger partial charge >= 0.3 is 0 Å². The van der Waals surface area contributed by atoms with Gasteiger partial charge in [0.2, 0.25) is 0 Å². The molecule has 1 atom stereocenters. The average molecular weight is 292 g/mol. The summed E-state index contributed by atoms with van der Waals surface area (Å²) in [6.07, 6.45) is 0. The predicted octanol–water partition coefficient (Wildman–Crippen LogP) is 4.72. The Balaban J connectivity index is 1.92. The van der Waals surface area contributed by atoms with Gasteiger partial charge in [-0.15, -0.1) is 0 Å². The van der Waals surface area contributed by atoms with Crippen LogP contribution in [-0.2, 0) is 0 Å². The third-order valence-corrected chi connectivity index (χ3v) is 3.89. The highest BCUT2D eigenvalue weighted by molar-refractivity contribution is 5.85. The first-order chi connectivity index (χ1) is 10.7. The molecule has 0 spiro atoms. The van der Waals surface area contributed by atoms with Crippen LogP contribution in [0.15, 0.2) is 54.6 Å². The van der Waals surface area contributed by atoms with E-state index in [4.69, 9.17) is 9.72 Å². The quantitative estimate of drug-likeness (QED) is 0.755. The van der Waals surface area contributed by atoms with E-state index < -0.39 is 0 Å². The van der Waals surface area contributed by atoms with Crippen molar-refractivity contribution in [2.24, 2.45) is 0 Å². The maximum atomic E-state index is 5.29. The van der Waals surface area contributed by atoms with Crippen LogP contribution in [0, 0.1) is 6.92 Å². The summed E-state index contributed by atoms with van der Waals surface area (Å²) in [5.74, 6) is 1.75. The Hall–Kier alpha value is -2.55. The van der Waals surface area contributed by atoms with Crippen LogP contribution in [0.2, 0.25) is 0 Å². The van der Waals surface area contributed by atoms with Gasteiger partial charge in [-0.05, 0) is 49.2 Å². The lowest BCUT2D eigenvalue weighted by molar-refractivity contribution is 0.415. The highest BCUT2D eigenvalue weighted by Crippen LogP contribution is 2.26. The summed E-state index contributed by atoms with van der Waals surface area (Å²) >= 11 is 0. The number of rotatable bonds is 4. The Bertz CT molecular complexity index is 784. The van der Waals surface area contributed by atoms with Crippen LogP contribution in [0.5, 0.6) is 5.75 Å². The Morgan fingerprint density at radius 3 is 2.55 bits per heavy atom. The number of benzene rings is 2.